The van der Waals surface area contributed by atoms with Crippen LogP contribution in [0.3, 0.4) is 0 Å². The van der Waals surface area contributed by atoms with Gasteiger partial charge in [0.25, 0.3) is 0 Å². The summed E-state index contributed by atoms with van der Waals surface area (Å²) in [6, 6.07) is 4.73. The summed E-state index contributed by atoms with van der Waals surface area (Å²) in [5.41, 5.74) is 6.54. The first-order valence-electron chi connectivity index (χ1n) is 7.31. The van der Waals surface area contributed by atoms with Crippen LogP contribution < -0.4 is 20.5 Å². The van der Waals surface area contributed by atoms with Crippen LogP contribution in [0.1, 0.15) is 32.3 Å². The van der Waals surface area contributed by atoms with Crippen LogP contribution in [0.4, 0.5) is 8.78 Å². The molecule has 0 saturated heterocycles. The molecule has 5 nitrogen and oxygen atoms in total. The van der Waals surface area contributed by atoms with Crippen LogP contribution in [0.5, 0.6) is 11.5 Å². The first-order chi connectivity index (χ1) is 10.6. The van der Waals surface area contributed by atoms with Gasteiger partial charge < -0.3 is 20.5 Å². The number of rotatable bonds is 9. The molecule has 0 unspecified atom stereocenters. The second-order valence-electron chi connectivity index (χ2n) is 4.57. The Kier molecular flexibility index (Phi) is 8.03. The van der Waals surface area contributed by atoms with Gasteiger partial charge in [-0.3, -0.25) is 0 Å². The van der Waals surface area contributed by atoms with Crippen LogP contribution in [0.2, 0.25) is 0 Å². The Morgan fingerprint density at radius 2 is 2.09 bits per heavy atom. The molecule has 0 heterocycles. The molecule has 0 aliphatic heterocycles. The van der Waals surface area contributed by atoms with Crippen molar-refractivity contribution < 1.29 is 18.3 Å². The number of nitrogens with zero attached hydrogens (tertiary/aromatic N) is 1. The van der Waals surface area contributed by atoms with E-state index in [9.17, 15) is 8.78 Å². The molecular formula is C15H23F2N3O2. The maximum Gasteiger partial charge on any atom is 0.387 e. The molecule has 1 aromatic rings. The van der Waals surface area contributed by atoms with E-state index in [0.29, 0.717) is 19.1 Å². The molecule has 0 saturated carbocycles. The molecule has 1 aromatic carbocycles. The summed E-state index contributed by atoms with van der Waals surface area (Å²) in [5.74, 6) is 0.644. The lowest BCUT2D eigenvalue weighted by molar-refractivity contribution is -0.0514. The number of unbranched alkanes of at least 4 members (excludes halogenated alkanes) is 1. The van der Waals surface area contributed by atoms with Gasteiger partial charge in [-0.05, 0) is 31.0 Å². The van der Waals surface area contributed by atoms with Crippen molar-refractivity contribution in [1.82, 2.24) is 5.32 Å². The van der Waals surface area contributed by atoms with E-state index >= 15 is 0 Å². The summed E-state index contributed by atoms with van der Waals surface area (Å²) in [6.45, 7) is 2.44. The van der Waals surface area contributed by atoms with Crippen LogP contribution in [-0.4, -0.2) is 25.7 Å². The van der Waals surface area contributed by atoms with E-state index < -0.39 is 6.61 Å². The summed E-state index contributed by atoms with van der Waals surface area (Å²) >= 11 is 0. The molecule has 0 aliphatic carbocycles. The molecule has 0 bridgehead atoms. The number of benzene rings is 1. The number of guanidine groups is 1. The summed E-state index contributed by atoms with van der Waals surface area (Å²) < 4.78 is 34.4. The molecule has 7 heteroatoms. The van der Waals surface area contributed by atoms with Crippen molar-refractivity contribution in [3.63, 3.8) is 0 Å². The van der Waals surface area contributed by atoms with Gasteiger partial charge in [-0.15, -0.1) is 0 Å². The van der Waals surface area contributed by atoms with Gasteiger partial charge in [0, 0.05) is 6.54 Å². The number of nitrogens with two attached hydrogens (primary N) is 1. The average Bonchev–Trinajstić information content (AvgIpc) is 2.47. The fourth-order valence-electron chi connectivity index (χ4n) is 1.74. The van der Waals surface area contributed by atoms with Crippen molar-refractivity contribution in [2.24, 2.45) is 10.7 Å². The largest absolute Gasteiger partial charge is 0.490 e. The molecule has 22 heavy (non-hydrogen) atoms. The van der Waals surface area contributed by atoms with E-state index in [2.05, 4.69) is 22.0 Å². The Hall–Kier alpha value is -2.05. The van der Waals surface area contributed by atoms with Crippen LogP contribution in [0, 0.1) is 0 Å². The van der Waals surface area contributed by atoms with Crippen molar-refractivity contribution in [2.45, 2.75) is 39.8 Å². The van der Waals surface area contributed by atoms with E-state index in [1.165, 1.54) is 6.07 Å². The Labute approximate surface area is 129 Å². The number of alkyl halides is 2. The number of halogens is 2. The minimum Gasteiger partial charge on any atom is -0.490 e. The highest BCUT2D eigenvalue weighted by molar-refractivity contribution is 5.77. The predicted octanol–water partition coefficient (Wildman–Crippen LogP) is 2.89. The number of hydrogen-bond donors (Lipinski definition) is 2. The van der Waals surface area contributed by atoms with Crippen molar-refractivity contribution in [2.75, 3.05) is 13.2 Å². The lowest BCUT2D eigenvalue weighted by Gasteiger charge is -2.12. The highest BCUT2D eigenvalue weighted by Gasteiger charge is 2.11. The van der Waals surface area contributed by atoms with Gasteiger partial charge in [0.1, 0.15) is 0 Å². The third kappa shape index (κ3) is 6.60. The zero-order chi connectivity index (χ0) is 16.4. The van der Waals surface area contributed by atoms with Crippen LogP contribution in [0.15, 0.2) is 23.2 Å². The monoisotopic (exact) mass is 315 g/mol. The second-order valence-corrected chi connectivity index (χ2v) is 4.57. The van der Waals surface area contributed by atoms with Gasteiger partial charge in [-0.25, -0.2) is 4.99 Å². The molecule has 0 radical (unpaired) electrons. The lowest BCUT2D eigenvalue weighted by atomic mass is 10.2. The summed E-state index contributed by atoms with van der Waals surface area (Å²) in [6.07, 6.45) is 2.09. The van der Waals surface area contributed by atoms with E-state index in [0.717, 1.165) is 24.9 Å². The van der Waals surface area contributed by atoms with Gasteiger partial charge >= 0.3 is 6.61 Å². The first-order valence-corrected chi connectivity index (χ1v) is 7.31. The second kappa shape index (κ2) is 9.81. The van der Waals surface area contributed by atoms with Crippen molar-refractivity contribution in [1.29, 1.82) is 0 Å². The van der Waals surface area contributed by atoms with Crippen LogP contribution >= 0.6 is 0 Å². The van der Waals surface area contributed by atoms with Gasteiger partial charge in [-0.1, -0.05) is 19.4 Å². The molecule has 0 fully saturated rings. The van der Waals surface area contributed by atoms with Crippen molar-refractivity contribution in [3.8, 4) is 11.5 Å². The minimum atomic E-state index is -2.89. The predicted molar refractivity (Wildman–Crippen MR) is 82.5 cm³/mol. The van der Waals surface area contributed by atoms with E-state index in [-0.39, 0.29) is 11.5 Å². The third-order valence-corrected chi connectivity index (χ3v) is 2.79. The van der Waals surface area contributed by atoms with Crippen LogP contribution in [0.25, 0.3) is 0 Å². The number of aliphatic imine (C=N–C) groups is 1. The molecule has 0 amide bonds. The Morgan fingerprint density at radius 3 is 2.73 bits per heavy atom. The summed E-state index contributed by atoms with van der Waals surface area (Å²) in [4.78, 5) is 4.20. The standard InChI is InChI=1S/C15H23F2N3O2/c1-3-5-8-19-15(18)20-10-11-6-7-12(22-14(16)17)13(9-11)21-4-2/h6-7,9,14H,3-5,8,10H2,1-2H3,(H3,18,19,20). The van der Waals surface area contributed by atoms with Crippen molar-refractivity contribution >= 4 is 5.96 Å². The first kappa shape index (κ1) is 18.0. The smallest absolute Gasteiger partial charge is 0.387 e. The molecule has 0 spiro atoms. The number of hydrogen-bond acceptors (Lipinski definition) is 3. The van der Waals surface area contributed by atoms with Crippen LogP contribution in [-0.2, 0) is 6.54 Å². The Morgan fingerprint density at radius 1 is 1.32 bits per heavy atom. The Balaban J connectivity index is 2.70. The highest BCUT2D eigenvalue weighted by Crippen LogP contribution is 2.30. The fourth-order valence-corrected chi connectivity index (χ4v) is 1.74. The summed E-state index contributed by atoms with van der Waals surface area (Å²) in [5, 5.41) is 3.00. The fraction of sp³-hybridized carbons (Fsp3) is 0.533. The number of nitrogens with one attached hydrogen (secondary N) is 1. The minimum absolute atomic E-state index is 0.0126. The van der Waals surface area contributed by atoms with E-state index in [4.69, 9.17) is 10.5 Å². The van der Waals surface area contributed by atoms with Gasteiger partial charge in [0.05, 0.1) is 13.2 Å². The van der Waals surface area contributed by atoms with E-state index in [1.54, 1.807) is 19.1 Å². The molecule has 0 aliphatic rings. The zero-order valence-electron chi connectivity index (χ0n) is 12.9. The molecule has 0 atom stereocenters. The molecular weight excluding hydrogens is 292 g/mol. The SMILES string of the molecule is CCCCNC(N)=NCc1ccc(OC(F)F)c(OCC)c1. The van der Waals surface area contributed by atoms with E-state index in [1.807, 2.05) is 0 Å². The molecule has 0 aromatic heterocycles. The molecule has 1 rings (SSSR count). The molecule has 124 valence electrons. The highest BCUT2D eigenvalue weighted by atomic mass is 19.3. The number of ether oxygens (including phenoxy) is 2. The quantitative estimate of drug-likeness (QED) is 0.418. The van der Waals surface area contributed by atoms with Gasteiger partial charge in [0.2, 0.25) is 0 Å². The lowest BCUT2D eigenvalue weighted by Crippen LogP contribution is -2.32. The third-order valence-electron chi connectivity index (χ3n) is 2.79. The average molecular weight is 315 g/mol. The van der Waals surface area contributed by atoms with Gasteiger partial charge in [-0.2, -0.15) is 8.78 Å². The maximum atomic E-state index is 12.3. The normalized spacial score (nSPS) is 11.6. The maximum absolute atomic E-state index is 12.3. The topological polar surface area (TPSA) is 68.9 Å². The Bertz CT molecular complexity index is 482. The zero-order valence-corrected chi connectivity index (χ0v) is 12.9. The van der Waals surface area contributed by atoms with Crippen molar-refractivity contribution in [3.05, 3.63) is 23.8 Å². The molecule has 3 N–H and O–H groups in total. The van der Waals surface area contributed by atoms with Gasteiger partial charge in [0.15, 0.2) is 17.5 Å². The summed E-state index contributed by atoms with van der Waals surface area (Å²) in [7, 11) is 0.